The highest BCUT2D eigenvalue weighted by Crippen LogP contribution is 2.42. The topological polar surface area (TPSA) is 70.1 Å². The van der Waals surface area contributed by atoms with E-state index in [0.29, 0.717) is 23.9 Å². The molecule has 8 heteroatoms. The van der Waals surface area contributed by atoms with Crippen molar-refractivity contribution in [2.45, 2.75) is 37.8 Å². The van der Waals surface area contributed by atoms with Gasteiger partial charge in [-0.2, -0.15) is 0 Å². The van der Waals surface area contributed by atoms with Gasteiger partial charge in [-0.3, -0.25) is 9.21 Å². The summed E-state index contributed by atoms with van der Waals surface area (Å²) in [5.74, 6) is 0.936. The molecule has 0 radical (unpaired) electrons. The Labute approximate surface area is 185 Å². The van der Waals surface area contributed by atoms with Gasteiger partial charge in [0.25, 0.3) is 0 Å². The highest BCUT2D eigenvalue weighted by Gasteiger charge is 2.42. The first-order chi connectivity index (χ1) is 14.2. The first kappa shape index (κ1) is 22.9. The van der Waals surface area contributed by atoms with E-state index in [1.54, 1.807) is 24.3 Å². The summed E-state index contributed by atoms with van der Waals surface area (Å²) in [5.41, 5.74) is 1.68. The third-order valence-corrected chi connectivity index (χ3v) is 6.89. The number of hydrogen-bond acceptors (Lipinski definition) is 5. The number of aliphatic hydroxyl groups excluding tert-OH is 1. The van der Waals surface area contributed by atoms with Crippen LogP contribution in [-0.4, -0.2) is 56.8 Å². The van der Waals surface area contributed by atoms with Crippen molar-refractivity contribution in [1.82, 2.24) is 4.90 Å². The molecule has 1 heterocycles. The SMILES string of the molecule is CN(c1ccc(OCC(O)CN2CC[C@@H](c3cccc(Cl)c3)C2(C)C)cc1)[SH](=O)=O. The molecule has 1 unspecified atom stereocenters. The maximum atomic E-state index is 11.0. The number of ether oxygens (including phenoxy) is 1. The van der Waals surface area contributed by atoms with Crippen molar-refractivity contribution in [3.8, 4) is 5.75 Å². The molecule has 1 saturated heterocycles. The van der Waals surface area contributed by atoms with Crippen molar-refractivity contribution in [3.05, 3.63) is 59.1 Å². The Morgan fingerprint density at radius 3 is 2.60 bits per heavy atom. The van der Waals surface area contributed by atoms with Gasteiger partial charge in [0.05, 0.1) is 5.69 Å². The second kappa shape index (κ2) is 9.56. The van der Waals surface area contributed by atoms with Gasteiger partial charge >= 0.3 is 0 Å². The van der Waals surface area contributed by atoms with E-state index in [4.69, 9.17) is 16.3 Å². The zero-order valence-corrected chi connectivity index (χ0v) is 19.1. The molecule has 2 aromatic rings. The van der Waals surface area contributed by atoms with Crippen molar-refractivity contribution in [3.63, 3.8) is 0 Å². The molecule has 0 spiro atoms. The molecule has 1 aliphatic heterocycles. The minimum atomic E-state index is -2.67. The van der Waals surface area contributed by atoms with Crippen LogP contribution in [0.1, 0.15) is 31.7 Å². The zero-order valence-electron chi connectivity index (χ0n) is 17.5. The zero-order chi connectivity index (χ0) is 21.9. The molecule has 0 aromatic heterocycles. The highest BCUT2D eigenvalue weighted by molar-refractivity contribution is 7.74. The van der Waals surface area contributed by atoms with E-state index in [1.165, 1.54) is 16.9 Å². The highest BCUT2D eigenvalue weighted by atomic mass is 35.5. The smallest absolute Gasteiger partial charge is 0.224 e. The number of hydrogen-bond donors (Lipinski definition) is 2. The molecule has 1 aliphatic rings. The van der Waals surface area contributed by atoms with Crippen LogP contribution in [-0.2, 0) is 10.9 Å². The summed E-state index contributed by atoms with van der Waals surface area (Å²) in [6.07, 6.45) is 0.374. The first-order valence-corrected chi connectivity index (χ1v) is 11.5. The number of rotatable bonds is 8. The minimum absolute atomic E-state index is 0.104. The van der Waals surface area contributed by atoms with Gasteiger partial charge in [-0.25, -0.2) is 8.42 Å². The van der Waals surface area contributed by atoms with Crippen molar-refractivity contribution >= 4 is 28.2 Å². The lowest BCUT2D eigenvalue weighted by Crippen LogP contribution is -2.46. The number of thiol groups is 1. The lowest BCUT2D eigenvalue weighted by Gasteiger charge is -2.37. The summed E-state index contributed by atoms with van der Waals surface area (Å²) in [5, 5.41) is 11.3. The summed E-state index contributed by atoms with van der Waals surface area (Å²) >= 11 is 6.18. The summed E-state index contributed by atoms with van der Waals surface area (Å²) in [6, 6.07) is 14.8. The average molecular weight is 453 g/mol. The van der Waals surface area contributed by atoms with Crippen molar-refractivity contribution in [2.24, 2.45) is 0 Å². The molecular formula is C22H29ClN2O4S. The van der Waals surface area contributed by atoms with Crippen LogP contribution in [0.2, 0.25) is 5.02 Å². The van der Waals surface area contributed by atoms with Gasteiger partial charge in [-0.1, -0.05) is 23.7 Å². The van der Waals surface area contributed by atoms with E-state index in [9.17, 15) is 13.5 Å². The average Bonchev–Trinajstić information content (AvgIpc) is 3.00. The lowest BCUT2D eigenvalue weighted by molar-refractivity contribution is 0.0433. The van der Waals surface area contributed by atoms with Crippen molar-refractivity contribution < 1.29 is 18.3 Å². The van der Waals surface area contributed by atoms with Gasteiger partial charge in [-0.05, 0) is 68.8 Å². The Bertz CT molecular complexity index is 925. The standard InChI is InChI=1S/C22H29ClN2O4S/c1-22(2)21(16-5-4-6-17(23)13-16)11-12-25(22)14-19(26)15-29-20-9-7-18(8-10-20)24(3)30(27)28/h4-10,13,19,21,26,30H,11-12,14-15H2,1-3H3/t19?,21-/m0/s1. The normalized spacial score (nSPS) is 19.7. The van der Waals surface area contributed by atoms with E-state index < -0.39 is 17.0 Å². The fourth-order valence-electron chi connectivity index (χ4n) is 4.12. The maximum Gasteiger partial charge on any atom is 0.224 e. The van der Waals surface area contributed by atoms with Gasteiger partial charge < -0.3 is 9.84 Å². The van der Waals surface area contributed by atoms with Gasteiger partial charge in [0, 0.05) is 30.1 Å². The molecule has 6 nitrogen and oxygen atoms in total. The van der Waals surface area contributed by atoms with Gasteiger partial charge in [0.15, 0.2) is 0 Å². The Morgan fingerprint density at radius 1 is 1.27 bits per heavy atom. The second-order valence-corrected chi connectivity index (χ2v) is 9.73. The Kier molecular flexibility index (Phi) is 7.29. The number of benzene rings is 2. The van der Waals surface area contributed by atoms with Gasteiger partial charge in [-0.15, -0.1) is 0 Å². The molecule has 2 atom stereocenters. The van der Waals surface area contributed by atoms with Crippen LogP contribution in [0.5, 0.6) is 5.75 Å². The Balaban J connectivity index is 1.55. The summed E-state index contributed by atoms with van der Waals surface area (Å²) in [6.45, 7) is 5.99. The molecule has 3 rings (SSSR count). The Morgan fingerprint density at radius 2 is 1.97 bits per heavy atom. The van der Waals surface area contributed by atoms with E-state index in [2.05, 4.69) is 24.8 Å². The van der Waals surface area contributed by atoms with Crippen LogP contribution in [0, 0.1) is 0 Å². The number of aliphatic hydroxyl groups is 1. The molecular weight excluding hydrogens is 424 g/mol. The first-order valence-electron chi connectivity index (χ1n) is 9.98. The van der Waals surface area contributed by atoms with E-state index in [1.807, 2.05) is 18.2 Å². The molecule has 1 fully saturated rings. The summed E-state index contributed by atoms with van der Waals surface area (Å²) < 4.78 is 28.9. The number of halogens is 1. The molecule has 0 amide bonds. The fraction of sp³-hybridized carbons (Fsp3) is 0.455. The molecule has 0 saturated carbocycles. The largest absolute Gasteiger partial charge is 0.491 e. The molecule has 0 bridgehead atoms. The van der Waals surface area contributed by atoms with Crippen molar-refractivity contribution in [1.29, 1.82) is 0 Å². The molecule has 1 N–H and O–H groups in total. The third kappa shape index (κ3) is 5.27. The predicted octanol–water partition coefficient (Wildman–Crippen LogP) is 3.31. The molecule has 0 aliphatic carbocycles. The van der Waals surface area contributed by atoms with Crippen LogP contribution < -0.4 is 9.04 Å². The van der Waals surface area contributed by atoms with Crippen LogP contribution in [0.15, 0.2) is 48.5 Å². The second-order valence-electron chi connectivity index (χ2n) is 8.22. The number of anilines is 1. The fourth-order valence-corrected chi connectivity index (χ4v) is 4.64. The summed E-state index contributed by atoms with van der Waals surface area (Å²) in [7, 11) is -1.18. The van der Waals surface area contributed by atoms with E-state index >= 15 is 0 Å². The Hall–Kier alpha value is -1.80. The quantitative estimate of drug-likeness (QED) is 0.601. The maximum absolute atomic E-state index is 11.0. The van der Waals surface area contributed by atoms with Crippen LogP contribution in [0.25, 0.3) is 0 Å². The third-order valence-electron chi connectivity index (χ3n) is 5.94. The van der Waals surface area contributed by atoms with Crippen LogP contribution >= 0.6 is 11.6 Å². The van der Waals surface area contributed by atoms with Crippen LogP contribution in [0.3, 0.4) is 0 Å². The summed E-state index contributed by atoms with van der Waals surface area (Å²) in [4.78, 5) is 2.30. The van der Waals surface area contributed by atoms with E-state index in [0.717, 1.165) is 18.0 Å². The minimum Gasteiger partial charge on any atom is -0.491 e. The number of β-amino-alcohol motifs (C(OH)–C–C–N with tert-alkyl or cyclic N) is 1. The van der Waals surface area contributed by atoms with Gasteiger partial charge in [0.1, 0.15) is 18.5 Å². The van der Waals surface area contributed by atoms with Gasteiger partial charge in [0.2, 0.25) is 10.9 Å². The van der Waals surface area contributed by atoms with E-state index in [-0.39, 0.29) is 12.1 Å². The molecule has 2 aromatic carbocycles. The molecule has 30 heavy (non-hydrogen) atoms. The number of nitrogens with zero attached hydrogens (tertiary/aromatic N) is 2. The lowest BCUT2D eigenvalue weighted by atomic mass is 9.82. The van der Waals surface area contributed by atoms with Crippen LogP contribution in [0.4, 0.5) is 5.69 Å². The van der Waals surface area contributed by atoms with Crippen molar-refractivity contribution in [2.75, 3.05) is 31.0 Å². The molecule has 164 valence electrons. The monoisotopic (exact) mass is 452 g/mol. The number of likely N-dealkylation sites (tertiary alicyclic amines) is 1. The predicted molar refractivity (Wildman–Crippen MR) is 121 cm³/mol.